The zero-order chi connectivity index (χ0) is 30.3. The van der Waals surface area contributed by atoms with E-state index in [9.17, 15) is 14.7 Å². The molecule has 0 unspecified atom stereocenters. The van der Waals surface area contributed by atoms with Crippen molar-refractivity contribution >= 4 is 5.78 Å². The summed E-state index contributed by atoms with van der Waals surface area (Å²) < 4.78 is 14.5. The molecule has 11 heteroatoms. The molecule has 3 heterocycles. The molecule has 2 aliphatic rings. The standard InChI is InChI=1S/C33H36N6O5/c1-2-5-28-27(18-21-8-10-22(11-9-21)25-6-3-4-7-26(25)29-36-32(41)44-37-29)30(40)38(31-34-20-35-39(28)31)23-12-14-24(15-13-23)43-19-33(42)16-17-33/h3-4,6-11,20,23-24,42H,2,5,12-19H2,1H3,(H,36,37,41)/t23-,24-. The minimum Gasteiger partial charge on any atom is -0.387 e. The third-order valence-corrected chi connectivity index (χ3v) is 9.01. The van der Waals surface area contributed by atoms with Crippen molar-refractivity contribution in [2.45, 2.75) is 82.5 Å². The molecular weight excluding hydrogens is 560 g/mol. The van der Waals surface area contributed by atoms with Crippen LogP contribution in [0.4, 0.5) is 0 Å². The van der Waals surface area contributed by atoms with Crippen molar-refractivity contribution in [1.82, 2.24) is 29.3 Å². The summed E-state index contributed by atoms with van der Waals surface area (Å²) in [6.45, 7) is 2.50. The summed E-state index contributed by atoms with van der Waals surface area (Å²) in [4.78, 5) is 33.0. The van der Waals surface area contributed by atoms with Crippen LogP contribution in [0.3, 0.4) is 0 Å². The van der Waals surface area contributed by atoms with Crippen LogP contribution in [0.5, 0.6) is 0 Å². The number of benzene rings is 2. The molecular formula is C33H36N6O5. The number of hydrogen-bond donors (Lipinski definition) is 2. The molecule has 0 atom stereocenters. The first-order valence-electron chi connectivity index (χ1n) is 15.5. The fourth-order valence-corrected chi connectivity index (χ4v) is 6.40. The Balaban J connectivity index is 1.18. The van der Waals surface area contributed by atoms with Crippen molar-refractivity contribution in [1.29, 1.82) is 0 Å². The molecule has 0 saturated heterocycles. The number of nitrogens with zero attached hydrogens (tertiary/aromatic N) is 5. The lowest BCUT2D eigenvalue weighted by atomic mass is 9.92. The number of H-pyrrole nitrogens is 1. The molecule has 2 aromatic carbocycles. The van der Waals surface area contributed by atoms with E-state index in [4.69, 9.17) is 9.26 Å². The fraction of sp³-hybridized carbons (Fsp3) is 0.424. The molecule has 44 heavy (non-hydrogen) atoms. The first-order valence-corrected chi connectivity index (χ1v) is 15.5. The lowest BCUT2D eigenvalue weighted by Crippen LogP contribution is -2.35. The number of aromatic amines is 1. The van der Waals surface area contributed by atoms with Gasteiger partial charge in [-0.25, -0.2) is 9.31 Å². The third kappa shape index (κ3) is 5.53. The number of aromatic nitrogens is 6. The zero-order valence-corrected chi connectivity index (χ0v) is 24.7. The predicted molar refractivity (Wildman–Crippen MR) is 163 cm³/mol. The molecule has 7 rings (SSSR count). The van der Waals surface area contributed by atoms with Gasteiger partial charge in [0.1, 0.15) is 6.33 Å². The summed E-state index contributed by atoms with van der Waals surface area (Å²) in [5.74, 6) is 0.371. The van der Waals surface area contributed by atoms with E-state index in [0.717, 1.165) is 84.9 Å². The van der Waals surface area contributed by atoms with Gasteiger partial charge in [0.25, 0.3) is 5.56 Å². The Bertz CT molecular complexity index is 1890. The molecule has 0 radical (unpaired) electrons. The summed E-state index contributed by atoms with van der Waals surface area (Å²) in [6.07, 6.45) is 8.63. The van der Waals surface area contributed by atoms with Gasteiger partial charge in [-0.3, -0.25) is 18.9 Å². The molecule has 3 aromatic heterocycles. The molecule has 0 aliphatic heterocycles. The van der Waals surface area contributed by atoms with E-state index >= 15 is 0 Å². The van der Waals surface area contributed by atoms with E-state index < -0.39 is 11.4 Å². The van der Waals surface area contributed by atoms with Crippen molar-refractivity contribution in [2.24, 2.45) is 0 Å². The van der Waals surface area contributed by atoms with Crippen molar-refractivity contribution in [2.75, 3.05) is 6.61 Å². The summed E-state index contributed by atoms with van der Waals surface area (Å²) in [6, 6.07) is 15.8. The summed E-state index contributed by atoms with van der Waals surface area (Å²) in [5.41, 5.74) is 4.66. The largest absolute Gasteiger partial charge is 0.439 e. The SMILES string of the molecule is CCCc1c(Cc2ccc(-c3ccccc3-c3noc(=O)[nH]3)cc2)c(=O)n([C@H]2CC[C@H](OCC3(O)CC3)CC2)c2ncnn12. The fourth-order valence-electron chi connectivity index (χ4n) is 6.40. The maximum absolute atomic E-state index is 14.3. The Morgan fingerprint density at radius 1 is 1.05 bits per heavy atom. The Hall–Kier alpha value is -4.35. The summed E-state index contributed by atoms with van der Waals surface area (Å²) >= 11 is 0. The molecule has 2 aliphatic carbocycles. The molecule has 228 valence electrons. The minimum absolute atomic E-state index is 0.00461. The number of nitrogens with one attached hydrogen (secondary N) is 1. The van der Waals surface area contributed by atoms with Gasteiger partial charge in [-0.05, 0) is 61.6 Å². The van der Waals surface area contributed by atoms with E-state index in [1.165, 1.54) is 6.33 Å². The van der Waals surface area contributed by atoms with E-state index in [1.807, 2.05) is 57.6 Å². The van der Waals surface area contributed by atoms with Gasteiger partial charge in [0.05, 0.1) is 24.0 Å². The highest BCUT2D eigenvalue weighted by molar-refractivity contribution is 5.80. The third-order valence-electron chi connectivity index (χ3n) is 9.01. The second-order valence-corrected chi connectivity index (χ2v) is 12.2. The predicted octanol–water partition coefficient (Wildman–Crippen LogP) is 4.47. The molecule has 0 spiro atoms. The average Bonchev–Trinajstić information content (AvgIpc) is 3.37. The molecule has 5 aromatic rings. The van der Waals surface area contributed by atoms with Crippen LogP contribution in [0.1, 0.15) is 74.7 Å². The van der Waals surface area contributed by atoms with Crippen molar-refractivity contribution in [3.8, 4) is 22.5 Å². The van der Waals surface area contributed by atoms with Crippen LogP contribution in [0.2, 0.25) is 0 Å². The van der Waals surface area contributed by atoms with E-state index in [2.05, 4.69) is 27.1 Å². The zero-order valence-electron chi connectivity index (χ0n) is 24.7. The van der Waals surface area contributed by atoms with Crippen LogP contribution in [-0.4, -0.2) is 52.7 Å². The highest BCUT2D eigenvalue weighted by atomic mass is 16.5. The molecule has 2 saturated carbocycles. The number of fused-ring (bicyclic) bond motifs is 1. The van der Waals surface area contributed by atoms with Crippen LogP contribution in [0.15, 0.2) is 69.0 Å². The number of ether oxygens (including phenoxy) is 1. The minimum atomic E-state index is -0.621. The number of hydrogen-bond acceptors (Lipinski definition) is 8. The molecule has 2 fully saturated rings. The summed E-state index contributed by atoms with van der Waals surface area (Å²) in [7, 11) is 0. The van der Waals surface area contributed by atoms with Gasteiger partial charge in [0, 0.05) is 23.6 Å². The number of aliphatic hydroxyl groups is 1. The molecule has 0 amide bonds. The van der Waals surface area contributed by atoms with Crippen molar-refractivity contribution in [3.63, 3.8) is 0 Å². The smallest absolute Gasteiger partial charge is 0.387 e. The highest BCUT2D eigenvalue weighted by Gasteiger charge is 2.41. The highest BCUT2D eigenvalue weighted by Crippen LogP contribution is 2.37. The van der Waals surface area contributed by atoms with E-state index in [-0.39, 0.29) is 17.7 Å². The van der Waals surface area contributed by atoms with Crippen LogP contribution in [-0.2, 0) is 17.6 Å². The Labute approximate surface area is 253 Å². The Kier molecular flexibility index (Phi) is 7.51. The van der Waals surface area contributed by atoms with Crippen LogP contribution in [0, 0.1) is 0 Å². The van der Waals surface area contributed by atoms with Gasteiger partial charge in [-0.2, -0.15) is 10.1 Å². The monoisotopic (exact) mass is 596 g/mol. The van der Waals surface area contributed by atoms with Crippen molar-refractivity contribution in [3.05, 3.63) is 92.6 Å². The number of rotatable bonds is 10. The molecule has 11 nitrogen and oxygen atoms in total. The lowest BCUT2D eigenvalue weighted by Gasteiger charge is -2.31. The van der Waals surface area contributed by atoms with Crippen molar-refractivity contribution < 1.29 is 14.4 Å². The van der Waals surface area contributed by atoms with Gasteiger partial charge < -0.3 is 9.84 Å². The van der Waals surface area contributed by atoms with Gasteiger partial charge in [-0.15, -0.1) is 0 Å². The molecule has 0 bridgehead atoms. The second kappa shape index (κ2) is 11.6. The first-order chi connectivity index (χ1) is 21.4. The van der Waals surface area contributed by atoms with Gasteiger partial charge in [0.15, 0.2) is 5.82 Å². The van der Waals surface area contributed by atoms with Crippen LogP contribution >= 0.6 is 0 Å². The lowest BCUT2D eigenvalue weighted by molar-refractivity contribution is -0.0387. The Morgan fingerprint density at radius 3 is 2.48 bits per heavy atom. The second-order valence-electron chi connectivity index (χ2n) is 12.2. The van der Waals surface area contributed by atoms with Crippen LogP contribution < -0.4 is 11.3 Å². The topological polar surface area (TPSA) is 141 Å². The Morgan fingerprint density at radius 2 is 1.80 bits per heavy atom. The van der Waals surface area contributed by atoms with Crippen LogP contribution in [0.25, 0.3) is 28.3 Å². The number of aryl methyl sites for hydroxylation is 1. The normalized spacial score (nSPS) is 19.4. The van der Waals surface area contributed by atoms with E-state index in [0.29, 0.717) is 24.6 Å². The van der Waals surface area contributed by atoms with Gasteiger partial charge >= 0.3 is 5.76 Å². The quantitative estimate of drug-likeness (QED) is 0.241. The van der Waals surface area contributed by atoms with Gasteiger partial charge in [0.2, 0.25) is 5.78 Å². The maximum Gasteiger partial charge on any atom is 0.439 e. The van der Waals surface area contributed by atoms with E-state index in [1.54, 1.807) is 0 Å². The summed E-state index contributed by atoms with van der Waals surface area (Å²) in [5, 5.41) is 18.6. The van der Waals surface area contributed by atoms with Gasteiger partial charge in [-0.1, -0.05) is 67.0 Å². The molecule has 2 N–H and O–H groups in total. The average molecular weight is 597 g/mol. The first kappa shape index (κ1) is 28.4. The maximum atomic E-state index is 14.3.